The second-order valence-corrected chi connectivity index (χ2v) is 8.89. The van der Waals surface area contributed by atoms with E-state index < -0.39 is 26.4 Å². The standard InChI is InChI=1S/C17H23F2N3O3S/c1-26(24,25)13-9-15(18)14(16(19)10-13)11-21-7-2-8-22(17(21)23)12-3-5-20-6-4-12/h9-10,12,20H,2-8,11H2,1H3. The van der Waals surface area contributed by atoms with Crippen molar-refractivity contribution in [3.63, 3.8) is 0 Å². The van der Waals surface area contributed by atoms with Crippen LogP contribution in [0.15, 0.2) is 17.0 Å². The summed E-state index contributed by atoms with van der Waals surface area (Å²) in [5.41, 5.74) is -0.280. The molecule has 26 heavy (non-hydrogen) atoms. The van der Waals surface area contributed by atoms with Crippen molar-refractivity contribution in [2.45, 2.75) is 36.7 Å². The summed E-state index contributed by atoms with van der Waals surface area (Å²) in [7, 11) is -3.71. The number of benzene rings is 1. The van der Waals surface area contributed by atoms with Gasteiger partial charge in [0, 0.05) is 31.0 Å². The number of nitrogens with one attached hydrogen (secondary N) is 1. The Morgan fingerprint density at radius 2 is 1.77 bits per heavy atom. The Balaban J connectivity index is 1.78. The third kappa shape index (κ3) is 3.98. The molecule has 1 N–H and O–H groups in total. The van der Waals surface area contributed by atoms with Crippen molar-refractivity contribution in [2.24, 2.45) is 0 Å². The summed E-state index contributed by atoms with van der Waals surface area (Å²) >= 11 is 0. The fourth-order valence-electron chi connectivity index (χ4n) is 3.54. The van der Waals surface area contributed by atoms with Gasteiger partial charge in [-0.3, -0.25) is 0 Å². The molecule has 1 aromatic rings. The summed E-state index contributed by atoms with van der Waals surface area (Å²) in [5, 5.41) is 3.25. The van der Waals surface area contributed by atoms with E-state index in [1.165, 1.54) is 4.90 Å². The maximum atomic E-state index is 14.3. The lowest BCUT2D eigenvalue weighted by Crippen LogP contribution is -2.55. The van der Waals surface area contributed by atoms with Crippen molar-refractivity contribution < 1.29 is 22.0 Å². The molecule has 2 aliphatic rings. The number of nitrogens with zero attached hydrogens (tertiary/aromatic N) is 2. The van der Waals surface area contributed by atoms with Gasteiger partial charge in [0.05, 0.1) is 11.4 Å². The van der Waals surface area contributed by atoms with E-state index in [9.17, 15) is 22.0 Å². The van der Waals surface area contributed by atoms with Crippen molar-refractivity contribution in [3.05, 3.63) is 29.3 Å². The van der Waals surface area contributed by atoms with Gasteiger partial charge in [-0.2, -0.15) is 0 Å². The average molecular weight is 387 g/mol. The van der Waals surface area contributed by atoms with Gasteiger partial charge in [-0.1, -0.05) is 0 Å². The molecule has 6 nitrogen and oxygen atoms in total. The van der Waals surface area contributed by atoms with Crippen molar-refractivity contribution in [1.82, 2.24) is 15.1 Å². The van der Waals surface area contributed by atoms with Crippen LogP contribution in [-0.2, 0) is 16.4 Å². The van der Waals surface area contributed by atoms with Gasteiger partial charge >= 0.3 is 6.03 Å². The van der Waals surface area contributed by atoms with E-state index in [4.69, 9.17) is 0 Å². The molecule has 2 amide bonds. The third-order valence-electron chi connectivity index (χ3n) is 4.98. The molecular formula is C17H23F2N3O3S. The van der Waals surface area contributed by atoms with Crippen LogP contribution in [0.3, 0.4) is 0 Å². The first-order valence-electron chi connectivity index (χ1n) is 8.71. The van der Waals surface area contributed by atoms with Gasteiger partial charge in [0.2, 0.25) is 0 Å². The quantitative estimate of drug-likeness (QED) is 0.855. The average Bonchev–Trinajstić information content (AvgIpc) is 2.59. The predicted octanol–water partition coefficient (Wildman–Crippen LogP) is 1.75. The predicted molar refractivity (Wildman–Crippen MR) is 92.5 cm³/mol. The molecule has 0 bridgehead atoms. The molecule has 0 aromatic heterocycles. The zero-order valence-corrected chi connectivity index (χ0v) is 15.5. The molecule has 0 saturated carbocycles. The number of halogens is 2. The maximum Gasteiger partial charge on any atom is 0.320 e. The lowest BCUT2D eigenvalue weighted by molar-refractivity contribution is 0.0944. The number of piperidine rings is 1. The van der Waals surface area contributed by atoms with Gasteiger partial charge in [0.15, 0.2) is 9.84 Å². The van der Waals surface area contributed by atoms with Crippen molar-refractivity contribution in [1.29, 1.82) is 0 Å². The van der Waals surface area contributed by atoms with Crippen LogP contribution >= 0.6 is 0 Å². The number of sulfone groups is 1. The fraction of sp³-hybridized carbons (Fsp3) is 0.588. The van der Waals surface area contributed by atoms with Crippen LogP contribution < -0.4 is 5.32 Å². The first-order valence-corrected chi connectivity index (χ1v) is 10.6. The number of urea groups is 1. The first kappa shape index (κ1) is 19.0. The minimum atomic E-state index is -3.71. The van der Waals surface area contributed by atoms with Crippen LogP contribution in [-0.4, -0.2) is 62.7 Å². The number of carbonyl (C=O) groups excluding carboxylic acids is 1. The van der Waals surface area contributed by atoms with Crippen molar-refractivity contribution in [3.8, 4) is 0 Å². The Morgan fingerprint density at radius 3 is 2.35 bits per heavy atom. The summed E-state index contributed by atoms with van der Waals surface area (Å²) < 4.78 is 51.6. The summed E-state index contributed by atoms with van der Waals surface area (Å²) in [4.78, 5) is 15.6. The van der Waals surface area contributed by atoms with Crippen LogP contribution in [0, 0.1) is 11.6 Å². The Morgan fingerprint density at radius 1 is 1.15 bits per heavy atom. The third-order valence-corrected chi connectivity index (χ3v) is 6.08. The number of carbonyl (C=O) groups is 1. The van der Waals surface area contributed by atoms with Crippen LogP contribution in [0.5, 0.6) is 0 Å². The first-order chi connectivity index (χ1) is 12.3. The molecule has 144 valence electrons. The molecule has 9 heteroatoms. The summed E-state index contributed by atoms with van der Waals surface area (Å²) in [5.74, 6) is -1.89. The molecule has 3 rings (SSSR count). The second kappa shape index (κ2) is 7.48. The Kier molecular flexibility index (Phi) is 5.47. The number of rotatable bonds is 4. The molecule has 2 heterocycles. The van der Waals surface area contributed by atoms with E-state index >= 15 is 0 Å². The van der Waals surface area contributed by atoms with Crippen molar-refractivity contribution >= 4 is 15.9 Å². The Labute approximate surface area is 152 Å². The van der Waals surface area contributed by atoms with E-state index in [0.717, 1.165) is 50.7 Å². The van der Waals surface area contributed by atoms with Crippen LogP contribution in [0.4, 0.5) is 13.6 Å². The van der Waals surface area contributed by atoms with Gasteiger partial charge in [-0.25, -0.2) is 22.0 Å². The largest absolute Gasteiger partial charge is 0.321 e. The van der Waals surface area contributed by atoms with E-state index in [-0.39, 0.29) is 24.2 Å². The molecular weight excluding hydrogens is 364 g/mol. The van der Waals surface area contributed by atoms with E-state index in [1.54, 1.807) is 4.90 Å². The van der Waals surface area contributed by atoms with Gasteiger partial charge in [-0.05, 0) is 44.5 Å². The summed E-state index contributed by atoms with van der Waals surface area (Å²) in [6, 6.07) is 1.56. The maximum absolute atomic E-state index is 14.3. The molecule has 2 aliphatic heterocycles. The number of hydrogen-bond acceptors (Lipinski definition) is 4. The van der Waals surface area contributed by atoms with E-state index in [2.05, 4.69) is 5.32 Å². The monoisotopic (exact) mass is 387 g/mol. The molecule has 0 unspecified atom stereocenters. The SMILES string of the molecule is CS(=O)(=O)c1cc(F)c(CN2CCCN(C3CCNCC3)C2=O)c(F)c1. The highest BCUT2D eigenvalue weighted by atomic mass is 32.2. The smallest absolute Gasteiger partial charge is 0.320 e. The summed E-state index contributed by atoms with van der Waals surface area (Å²) in [6.45, 7) is 2.57. The lowest BCUT2D eigenvalue weighted by atomic mass is 10.0. The minimum Gasteiger partial charge on any atom is -0.321 e. The topological polar surface area (TPSA) is 69.7 Å². The minimum absolute atomic E-state index is 0.147. The molecule has 1 aromatic carbocycles. The summed E-state index contributed by atoms with van der Waals surface area (Å²) in [6.07, 6.45) is 3.36. The van der Waals surface area contributed by atoms with Gasteiger partial charge in [0.1, 0.15) is 11.6 Å². The molecule has 2 saturated heterocycles. The highest BCUT2D eigenvalue weighted by molar-refractivity contribution is 7.90. The van der Waals surface area contributed by atoms with Gasteiger partial charge < -0.3 is 15.1 Å². The zero-order chi connectivity index (χ0) is 18.9. The Bertz CT molecular complexity index is 771. The van der Waals surface area contributed by atoms with E-state index in [0.29, 0.717) is 13.1 Å². The number of hydrogen-bond donors (Lipinski definition) is 1. The van der Waals surface area contributed by atoms with Crippen LogP contribution in [0.2, 0.25) is 0 Å². The lowest BCUT2D eigenvalue weighted by Gasteiger charge is -2.41. The fourth-order valence-corrected chi connectivity index (χ4v) is 4.18. The normalized spacial score (nSPS) is 19.9. The zero-order valence-electron chi connectivity index (χ0n) is 14.7. The highest BCUT2D eigenvalue weighted by Crippen LogP contribution is 2.24. The molecule has 0 atom stereocenters. The van der Waals surface area contributed by atoms with Crippen molar-refractivity contribution in [2.75, 3.05) is 32.4 Å². The Hall–Kier alpha value is -1.74. The molecule has 2 fully saturated rings. The highest BCUT2D eigenvalue weighted by Gasteiger charge is 2.32. The van der Waals surface area contributed by atoms with Crippen LogP contribution in [0.25, 0.3) is 0 Å². The molecule has 0 aliphatic carbocycles. The number of amides is 2. The second-order valence-electron chi connectivity index (χ2n) is 6.87. The molecule has 0 radical (unpaired) electrons. The van der Waals surface area contributed by atoms with Gasteiger partial charge in [-0.15, -0.1) is 0 Å². The van der Waals surface area contributed by atoms with Gasteiger partial charge in [0.25, 0.3) is 0 Å². The molecule has 0 spiro atoms. The van der Waals surface area contributed by atoms with E-state index in [1.807, 2.05) is 0 Å². The van der Waals surface area contributed by atoms with Crippen LogP contribution in [0.1, 0.15) is 24.8 Å².